The Bertz CT molecular complexity index is 147. The molecule has 0 aromatic heterocycles. The zero-order valence-electron chi connectivity index (χ0n) is 10.1. The second-order valence-corrected chi connectivity index (χ2v) is 4.91. The highest BCUT2D eigenvalue weighted by molar-refractivity contribution is 4.60. The van der Waals surface area contributed by atoms with Crippen molar-refractivity contribution >= 4 is 0 Å². The van der Waals surface area contributed by atoms with Gasteiger partial charge in [0, 0.05) is 6.42 Å². The summed E-state index contributed by atoms with van der Waals surface area (Å²) in [5, 5.41) is 9.76. The quantitative estimate of drug-likeness (QED) is 0.313. The third-order valence-corrected chi connectivity index (χ3v) is 1.72. The lowest BCUT2D eigenvalue weighted by Gasteiger charge is -2.27. The molecular weight excluding hydrogens is 180 g/mol. The average molecular weight is 204 g/mol. The Balaban J connectivity index is 3.72. The summed E-state index contributed by atoms with van der Waals surface area (Å²) in [5.74, 6) is -1.16. The van der Waals surface area contributed by atoms with E-state index < -0.39 is 5.79 Å². The van der Waals surface area contributed by atoms with Crippen molar-refractivity contribution < 1.29 is 14.9 Å². The fourth-order valence-corrected chi connectivity index (χ4v) is 0.959. The van der Waals surface area contributed by atoms with E-state index >= 15 is 0 Å². The molecule has 1 N–H and O–H groups in total. The minimum absolute atomic E-state index is 0.380. The maximum atomic E-state index is 9.76. The number of aliphatic hydroxyl groups is 1. The Morgan fingerprint density at radius 3 is 2.00 bits per heavy atom. The first kappa shape index (κ1) is 13.9. The van der Waals surface area contributed by atoms with Gasteiger partial charge in [-0.15, -0.1) is 0 Å². The molecule has 0 aliphatic heterocycles. The molecule has 0 heterocycles. The lowest BCUT2D eigenvalue weighted by molar-refractivity contribution is -0.448. The first-order valence-corrected chi connectivity index (χ1v) is 5.36. The maximum Gasteiger partial charge on any atom is 0.196 e. The molecule has 0 aliphatic rings. The Hall–Kier alpha value is -0.120. The van der Waals surface area contributed by atoms with Gasteiger partial charge in [-0.1, -0.05) is 19.8 Å². The molecule has 0 amide bonds. The van der Waals surface area contributed by atoms with E-state index in [1.165, 1.54) is 0 Å². The summed E-state index contributed by atoms with van der Waals surface area (Å²) in [7, 11) is 0. The molecule has 0 aromatic carbocycles. The molecule has 0 aliphatic carbocycles. The van der Waals surface area contributed by atoms with Crippen LogP contribution in [0.3, 0.4) is 0 Å². The molecule has 0 bridgehead atoms. The van der Waals surface area contributed by atoms with Gasteiger partial charge in [0.05, 0.1) is 5.60 Å². The molecule has 86 valence electrons. The molecule has 0 saturated heterocycles. The van der Waals surface area contributed by atoms with Crippen LogP contribution in [0.25, 0.3) is 0 Å². The molecule has 3 heteroatoms. The van der Waals surface area contributed by atoms with E-state index in [4.69, 9.17) is 9.78 Å². The second kappa shape index (κ2) is 5.69. The topological polar surface area (TPSA) is 38.7 Å². The van der Waals surface area contributed by atoms with Crippen molar-refractivity contribution in [2.75, 3.05) is 0 Å². The summed E-state index contributed by atoms with van der Waals surface area (Å²) in [5.41, 5.74) is -0.380. The monoisotopic (exact) mass is 204 g/mol. The predicted octanol–water partition coefficient (Wildman–Crippen LogP) is 3.02. The molecule has 0 saturated carbocycles. The fourth-order valence-electron chi connectivity index (χ4n) is 0.959. The van der Waals surface area contributed by atoms with Crippen LogP contribution in [0.2, 0.25) is 0 Å². The highest BCUT2D eigenvalue weighted by Gasteiger charge is 2.25. The average Bonchev–Trinajstić information content (AvgIpc) is 2.00. The molecule has 0 fully saturated rings. The van der Waals surface area contributed by atoms with Gasteiger partial charge in [-0.3, -0.25) is 0 Å². The van der Waals surface area contributed by atoms with Crippen molar-refractivity contribution in [2.45, 2.75) is 71.7 Å². The van der Waals surface area contributed by atoms with Crippen molar-refractivity contribution in [2.24, 2.45) is 0 Å². The third-order valence-electron chi connectivity index (χ3n) is 1.72. The number of rotatable bonds is 6. The molecule has 14 heavy (non-hydrogen) atoms. The first-order chi connectivity index (χ1) is 6.27. The zero-order valence-corrected chi connectivity index (χ0v) is 10.1. The van der Waals surface area contributed by atoms with Crippen molar-refractivity contribution in [3.63, 3.8) is 0 Å². The highest BCUT2D eigenvalue weighted by Crippen LogP contribution is 2.19. The summed E-state index contributed by atoms with van der Waals surface area (Å²) in [6.07, 6.45) is 3.80. The van der Waals surface area contributed by atoms with Crippen molar-refractivity contribution in [1.82, 2.24) is 0 Å². The molecule has 3 nitrogen and oxygen atoms in total. The minimum atomic E-state index is -1.16. The molecule has 0 aromatic rings. The molecule has 1 atom stereocenters. The van der Waals surface area contributed by atoms with E-state index in [2.05, 4.69) is 6.92 Å². The van der Waals surface area contributed by atoms with Gasteiger partial charge in [-0.2, -0.15) is 0 Å². The van der Waals surface area contributed by atoms with Gasteiger partial charge in [0.15, 0.2) is 5.79 Å². The van der Waals surface area contributed by atoms with Gasteiger partial charge >= 0.3 is 0 Å². The van der Waals surface area contributed by atoms with Crippen LogP contribution in [0.5, 0.6) is 0 Å². The van der Waals surface area contributed by atoms with Crippen LogP contribution in [0.15, 0.2) is 0 Å². The minimum Gasteiger partial charge on any atom is -0.363 e. The number of hydrogen-bond donors (Lipinski definition) is 1. The van der Waals surface area contributed by atoms with Crippen LogP contribution in [0.4, 0.5) is 0 Å². The smallest absolute Gasteiger partial charge is 0.196 e. The van der Waals surface area contributed by atoms with Gasteiger partial charge in [0.25, 0.3) is 0 Å². The summed E-state index contributed by atoms with van der Waals surface area (Å²) >= 11 is 0. The van der Waals surface area contributed by atoms with Gasteiger partial charge in [-0.05, 0) is 34.1 Å². The normalized spacial score (nSPS) is 16.7. The molecule has 0 rings (SSSR count). The van der Waals surface area contributed by atoms with E-state index in [-0.39, 0.29) is 5.60 Å². The van der Waals surface area contributed by atoms with Crippen LogP contribution in [-0.2, 0) is 9.78 Å². The highest BCUT2D eigenvalue weighted by atomic mass is 17.2. The predicted molar refractivity (Wildman–Crippen MR) is 56.7 cm³/mol. The largest absolute Gasteiger partial charge is 0.363 e. The van der Waals surface area contributed by atoms with Gasteiger partial charge in [-0.25, -0.2) is 9.78 Å². The van der Waals surface area contributed by atoms with E-state index in [9.17, 15) is 5.11 Å². The Labute approximate surface area is 87.3 Å². The standard InChI is InChI=1S/C11H24O3/c1-6-7-8-9-11(5,12)14-13-10(2,3)4/h12H,6-9H2,1-5H3. The third kappa shape index (κ3) is 8.48. The van der Waals surface area contributed by atoms with Crippen molar-refractivity contribution in [3.05, 3.63) is 0 Å². The number of hydrogen-bond acceptors (Lipinski definition) is 3. The van der Waals surface area contributed by atoms with E-state index in [1.807, 2.05) is 20.8 Å². The summed E-state index contributed by atoms with van der Waals surface area (Å²) in [6, 6.07) is 0. The summed E-state index contributed by atoms with van der Waals surface area (Å²) < 4.78 is 0. The number of unbranched alkanes of at least 4 members (excludes halogenated alkanes) is 2. The van der Waals surface area contributed by atoms with E-state index in [0.717, 1.165) is 19.3 Å². The molecular formula is C11H24O3. The summed E-state index contributed by atoms with van der Waals surface area (Å²) in [6.45, 7) is 9.41. The Morgan fingerprint density at radius 1 is 1.00 bits per heavy atom. The molecule has 0 spiro atoms. The van der Waals surface area contributed by atoms with Gasteiger partial charge in [0.2, 0.25) is 0 Å². The van der Waals surface area contributed by atoms with Crippen LogP contribution in [-0.4, -0.2) is 16.5 Å². The molecule has 1 unspecified atom stereocenters. The van der Waals surface area contributed by atoms with Crippen LogP contribution >= 0.6 is 0 Å². The Morgan fingerprint density at radius 2 is 1.57 bits per heavy atom. The van der Waals surface area contributed by atoms with Crippen molar-refractivity contribution in [1.29, 1.82) is 0 Å². The first-order valence-electron chi connectivity index (χ1n) is 5.36. The van der Waals surface area contributed by atoms with Gasteiger partial charge < -0.3 is 5.11 Å². The molecule has 0 radical (unpaired) electrons. The fraction of sp³-hybridized carbons (Fsp3) is 1.00. The van der Waals surface area contributed by atoms with Gasteiger partial charge in [0.1, 0.15) is 0 Å². The van der Waals surface area contributed by atoms with Crippen molar-refractivity contribution in [3.8, 4) is 0 Å². The zero-order chi connectivity index (χ0) is 11.2. The van der Waals surface area contributed by atoms with Crippen LogP contribution < -0.4 is 0 Å². The lowest BCUT2D eigenvalue weighted by Crippen LogP contribution is -2.33. The maximum absolute atomic E-state index is 9.76. The summed E-state index contributed by atoms with van der Waals surface area (Å²) in [4.78, 5) is 10.1. The van der Waals surface area contributed by atoms with Crippen LogP contribution in [0.1, 0.15) is 60.3 Å². The Kier molecular flexibility index (Phi) is 5.64. The van der Waals surface area contributed by atoms with Crippen LogP contribution in [0, 0.1) is 0 Å². The second-order valence-electron chi connectivity index (χ2n) is 4.91. The SMILES string of the molecule is CCCCCC(C)(O)OOC(C)(C)C. The van der Waals surface area contributed by atoms with E-state index in [1.54, 1.807) is 6.92 Å². The van der Waals surface area contributed by atoms with E-state index in [0.29, 0.717) is 6.42 Å². The lowest BCUT2D eigenvalue weighted by atomic mass is 10.1.